The van der Waals surface area contributed by atoms with Crippen LogP contribution in [-0.2, 0) is 11.8 Å². The average Bonchev–Trinajstić information content (AvgIpc) is 2.71. The summed E-state index contributed by atoms with van der Waals surface area (Å²) in [6.07, 6.45) is 0. The normalized spacial score (nSPS) is 18.5. The minimum Gasteiger partial charge on any atom is -0.481 e. The van der Waals surface area contributed by atoms with Crippen molar-refractivity contribution >= 4 is 0 Å². The molecule has 3 N–H and O–H groups in total. The topological polar surface area (TPSA) is 77.6 Å². The van der Waals surface area contributed by atoms with Crippen molar-refractivity contribution in [3.8, 4) is 5.88 Å². The van der Waals surface area contributed by atoms with Gasteiger partial charge in [0.25, 0.3) is 0 Å². The van der Waals surface area contributed by atoms with Crippen molar-refractivity contribution in [3.05, 3.63) is 11.3 Å². The third-order valence-corrected chi connectivity index (χ3v) is 3.34. The fourth-order valence-electron chi connectivity index (χ4n) is 2.44. The van der Waals surface area contributed by atoms with Crippen LogP contribution >= 0.6 is 0 Å². The largest absolute Gasteiger partial charge is 0.481 e. The Balaban J connectivity index is 2.16. The Morgan fingerprint density at radius 1 is 1.47 bits per heavy atom. The van der Waals surface area contributed by atoms with Gasteiger partial charge in [0.15, 0.2) is 0 Å². The fourth-order valence-corrected chi connectivity index (χ4v) is 2.44. The summed E-state index contributed by atoms with van der Waals surface area (Å²) in [6, 6.07) is 0.00162. The summed E-state index contributed by atoms with van der Waals surface area (Å²) in [4.78, 5) is 0. The van der Waals surface area contributed by atoms with E-state index in [9.17, 15) is 0 Å². The number of aryl methyl sites for hydroxylation is 2. The minimum atomic E-state index is 0.00162. The van der Waals surface area contributed by atoms with Crippen LogP contribution in [0.15, 0.2) is 0 Å². The van der Waals surface area contributed by atoms with E-state index in [1.807, 2.05) is 14.0 Å². The zero-order chi connectivity index (χ0) is 13.8. The molecular formula is C12H23N5O2. The van der Waals surface area contributed by atoms with Crippen LogP contribution < -0.4 is 15.9 Å². The van der Waals surface area contributed by atoms with E-state index >= 15 is 0 Å². The molecule has 1 aliphatic rings. The lowest BCUT2D eigenvalue weighted by molar-refractivity contribution is 0.00382. The molecule has 0 aromatic carbocycles. The second-order valence-electron chi connectivity index (χ2n) is 4.65. The van der Waals surface area contributed by atoms with E-state index in [1.54, 1.807) is 11.8 Å². The lowest BCUT2D eigenvalue weighted by Crippen LogP contribution is -2.48. The number of ether oxygens (including phenoxy) is 2. The maximum atomic E-state index is 5.91. The van der Waals surface area contributed by atoms with Crippen molar-refractivity contribution in [1.82, 2.24) is 20.2 Å². The second kappa shape index (κ2) is 6.33. The predicted octanol–water partition coefficient (Wildman–Crippen LogP) is -0.426. The van der Waals surface area contributed by atoms with Crippen molar-refractivity contribution in [1.29, 1.82) is 0 Å². The van der Waals surface area contributed by atoms with Gasteiger partial charge >= 0.3 is 0 Å². The number of hydrogen-bond acceptors (Lipinski definition) is 6. The van der Waals surface area contributed by atoms with E-state index < -0.39 is 0 Å². The molecule has 19 heavy (non-hydrogen) atoms. The molecule has 0 aliphatic carbocycles. The van der Waals surface area contributed by atoms with Gasteiger partial charge in [0.2, 0.25) is 5.88 Å². The fraction of sp³-hybridized carbons (Fsp3) is 0.750. The molecule has 1 atom stereocenters. The lowest BCUT2D eigenvalue weighted by Gasteiger charge is -2.31. The molecule has 1 fully saturated rings. The van der Waals surface area contributed by atoms with Crippen molar-refractivity contribution in [2.45, 2.75) is 13.0 Å². The molecule has 1 aromatic heterocycles. The van der Waals surface area contributed by atoms with Crippen LogP contribution in [0.25, 0.3) is 0 Å². The summed E-state index contributed by atoms with van der Waals surface area (Å²) in [5.74, 6) is 0.758. The van der Waals surface area contributed by atoms with Crippen molar-refractivity contribution in [2.24, 2.45) is 12.8 Å². The summed E-state index contributed by atoms with van der Waals surface area (Å²) in [7, 11) is 3.53. The van der Waals surface area contributed by atoms with Gasteiger partial charge in [-0.05, 0) is 6.92 Å². The number of methoxy groups -OCH3 is 1. The summed E-state index contributed by atoms with van der Waals surface area (Å²) in [5.41, 5.74) is 11.3. The van der Waals surface area contributed by atoms with Gasteiger partial charge in [0.05, 0.1) is 37.6 Å². The highest BCUT2D eigenvalue weighted by atomic mass is 16.5. The summed E-state index contributed by atoms with van der Waals surface area (Å²) in [5, 5.41) is 6.54. The van der Waals surface area contributed by atoms with Crippen LogP contribution in [0, 0.1) is 6.92 Å². The van der Waals surface area contributed by atoms with E-state index in [2.05, 4.69) is 15.5 Å². The first kappa shape index (κ1) is 14.3. The molecule has 0 bridgehead atoms. The number of nitrogens with zero attached hydrogens (tertiary/aromatic N) is 3. The average molecular weight is 269 g/mol. The Hall–Kier alpha value is -1.15. The molecule has 108 valence electrons. The molecule has 1 aliphatic heterocycles. The molecule has 0 radical (unpaired) electrons. The van der Waals surface area contributed by atoms with Gasteiger partial charge in [-0.2, -0.15) is 5.10 Å². The molecule has 7 nitrogen and oxygen atoms in total. The first-order valence-electron chi connectivity index (χ1n) is 6.53. The summed E-state index contributed by atoms with van der Waals surface area (Å²) < 4.78 is 12.5. The zero-order valence-electron chi connectivity index (χ0n) is 11.8. The highest BCUT2D eigenvalue weighted by Crippen LogP contribution is 2.27. The van der Waals surface area contributed by atoms with Gasteiger partial charge in [-0.25, -0.2) is 15.1 Å². The standard InChI is InChI=1S/C12H23N5O2/c1-9-11(12(18-3)16(2)14-9)10(8-13)15-17-4-6-19-7-5-17/h10,15H,4-8,13H2,1-3H3. The smallest absolute Gasteiger partial charge is 0.216 e. The van der Waals surface area contributed by atoms with Gasteiger partial charge in [-0.3, -0.25) is 0 Å². The second-order valence-corrected chi connectivity index (χ2v) is 4.65. The minimum absolute atomic E-state index is 0.00162. The van der Waals surface area contributed by atoms with Crippen LogP contribution in [0.3, 0.4) is 0 Å². The summed E-state index contributed by atoms with van der Waals surface area (Å²) >= 11 is 0. The Labute approximate surface area is 113 Å². The molecule has 2 heterocycles. The Morgan fingerprint density at radius 3 is 2.74 bits per heavy atom. The maximum Gasteiger partial charge on any atom is 0.216 e. The molecule has 1 saturated heterocycles. The molecule has 2 rings (SSSR count). The molecular weight excluding hydrogens is 246 g/mol. The quantitative estimate of drug-likeness (QED) is 0.755. The van der Waals surface area contributed by atoms with E-state index in [0.717, 1.165) is 43.4 Å². The van der Waals surface area contributed by atoms with Gasteiger partial charge in [-0.1, -0.05) is 0 Å². The van der Waals surface area contributed by atoms with Crippen LogP contribution in [0.2, 0.25) is 0 Å². The lowest BCUT2D eigenvalue weighted by atomic mass is 10.1. The predicted molar refractivity (Wildman–Crippen MR) is 71.8 cm³/mol. The number of rotatable bonds is 5. The third kappa shape index (κ3) is 3.06. The van der Waals surface area contributed by atoms with Crippen LogP contribution in [0.4, 0.5) is 0 Å². The Bertz CT molecular complexity index is 414. The third-order valence-electron chi connectivity index (χ3n) is 3.34. The maximum absolute atomic E-state index is 5.91. The van der Waals surface area contributed by atoms with E-state index in [4.69, 9.17) is 15.2 Å². The Morgan fingerprint density at radius 2 is 2.16 bits per heavy atom. The van der Waals surface area contributed by atoms with Gasteiger partial charge in [0, 0.05) is 26.7 Å². The van der Waals surface area contributed by atoms with Crippen LogP contribution in [-0.4, -0.2) is 54.7 Å². The van der Waals surface area contributed by atoms with Crippen LogP contribution in [0.1, 0.15) is 17.3 Å². The number of nitrogens with one attached hydrogen (secondary N) is 1. The number of hydrogen-bond donors (Lipinski definition) is 2. The molecule has 1 unspecified atom stereocenters. The number of nitrogens with two attached hydrogens (primary N) is 1. The molecule has 0 spiro atoms. The van der Waals surface area contributed by atoms with Crippen molar-refractivity contribution in [3.63, 3.8) is 0 Å². The van der Waals surface area contributed by atoms with E-state index in [-0.39, 0.29) is 6.04 Å². The first-order chi connectivity index (χ1) is 9.17. The van der Waals surface area contributed by atoms with E-state index in [1.165, 1.54) is 0 Å². The zero-order valence-corrected chi connectivity index (χ0v) is 11.8. The molecule has 1 aromatic rings. The number of aromatic nitrogens is 2. The molecule has 0 saturated carbocycles. The van der Waals surface area contributed by atoms with Crippen molar-refractivity contribution < 1.29 is 9.47 Å². The van der Waals surface area contributed by atoms with Crippen LogP contribution in [0.5, 0.6) is 5.88 Å². The van der Waals surface area contributed by atoms with Crippen molar-refractivity contribution in [2.75, 3.05) is 40.0 Å². The highest BCUT2D eigenvalue weighted by molar-refractivity contribution is 5.34. The number of morpholine rings is 1. The monoisotopic (exact) mass is 269 g/mol. The molecule has 0 amide bonds. The van der Waals surface area contributed by atoms with Gasteiger partial charge in [-0.15, -0.1) is 0 Å². The number of hydrazine groups is 1. The molecule has 7 heteroatoms. The SMILES string of the molecule is COc1c(C(CN)NN2CCOCC2)c(C)nn1C. The van der Waals surface area contributed by atoms with Gasteiger partial charge in [0.1, 0.15) is 0 Å². The highest BCUT2D eigenvalue weighted by Gasteiger charge is 2.24. The summed E-state index contributed by atoms with van der Waals surface area (Å²) in [6.45, 7) is 5.67. The van der Waals surface area contributed by atoms with Gasteiger partial charge < -0.3 is 15.2 Å². The first-order valence-corrected chi connectivity index (χ1v) is 6.53. The van der Waals surface area contributed by atoms with E-state index in [0.29, 0.717) is 6.54 Å². The Kier molecular flexibility index (Phi) is 4.76.